The first kappa shape index (κ1) is 22.2. The maximum atomic E-state index is 12.5. The van der Waals surface area contributed by atoms with Crippen LogP contribution in [0, 0.1) is 19.8 Å². The van der Waals surface area contributed by atoms with Crippen molar-refractivity contribution in [3.05, 3.63) is 59.2 Å². The van der Waals surface area contributed by atoms with Crippen LogP contribution in [0.4, 0.5) is 5.69 Å². The third kappa shape index (κ3) is 5.25. The van der Waals surface area contributed by atoms with E-state index < -0.39 is 10.0 Å². The molecule has 6 nitrogen and oxygen atoms in total. The normalized spacial score (nSPS) is 14.7. The Hall–Kier alpha value is -2.09. The number of amides is 1. The summed E-state index contributed by atoms with van der Waals surface area (Å²) in [5.74, 6) is 0.281. The quantitative estimate of drug-likeness (QED) is 0.637. The van der Waals surface area contributed by atoms with E-state index in [4.69, 9.17) is 5.73 Å². The average molecular weight is 424 g/mol. The first-order valence-electron chi connectivity index (χ1n) is 9.01. The molecule has 0 saturated heterocycles. The Morgan fingerprint density at radius 1 is 1.11 bits per heavy atom. The summed E-state index contributed by atoms with van der Waals surface area (Å²) < 4.78 is 27.6. The van der Waals surface area contributed by atoms with Gasteiger partial charge in [-0.25, -0.2) is 8.42 Å². The molecular weight excluding hydrogens is 398 g/mol. The van der Waals surface area contributed by atoms with Gasteiger partial charge >= 0.3 is 0 Å². The van der Waals surface area contributed by atoms with Gasteiger partial charge in [0.15, 0.2) is 0 Å². The van der Waals surface area contributed by atoms with Gasteiger partial charge in [0.05, 0.1) is 4.90 Å². The van der Waals surface area contributed by atoms with Crippen LogP contribution in [0.25, 0.3) is 0 Å². The molecule has 4 N–H and O–H groups in total. The number of halogens is 1. The molecule has 3 rings (SSSR count). The van der Waals surface area contributed by atoms with E-state index in [1.54, 1.807) is 42.5 Å². The summed E-state index contributed by atoms with van der Waals surface area (Å²) in [7, 11) is -3.68. The fourth-order valence-corrected chi connectivity index (χ4v) is 4.05. The Morgan fingerprint density at radius 2 is 1.75 bits per heavy atom. The van der Waals surface area contributed by atoms with Gasteiger partial charge in [0, 0.05) is 23.8 Å². The smallest absolute Gasteiger partial charge is 0.261 e. The second kappa shape index (κ2) is 8.94. The number of rotatable bonds is 7. The molecule has 0 aliphatic heterocycles. The second-order valence-electron chi connectivity index (χ2n) is 7.08. The Morgan fingerprint density at radius 3 is 2.29 bits per heavy atom. The lowest BCUT2D eigenvalue weighted by atomic mass is 10.1. The standard InChI is InChI=1S/C20H25N3O3S.ClH/c1-13-3-10-18(11-14(13)2)27(25,26)23-17-8-6-16(7-9-17)20(24)22-19(12-21)15-4-5-15;/h3,6-11,15,19,23H,4-5,12,21H2,1-2H3,(H,22,24);1H. The van der Waals surface area contributed by atoms with Gasteiger partial charge in [0.2, 0.25) is 0 Å². The zero-order valence-electron chi connectivity index (χ0n) is 15.9. The molecule has 0 heterocycles. The summed E-state index contributed by atoms with van der Waals surface area (Å²) in [5, 5.41) is 2.95. The van der Waals surface area contributed by atoms with Crippen LogP contribution in [-0.2, 0) is 10.0 Å². The summed E-state index contributed by atoms with van der Waals surface area (Å²) in [6.07, 6.45) is 2.20. The van der Waals surface area contributed by atoms with Crippen LogP contribution in [0.5, 0.6) is 0 Å². The van der Waals surface area contributed by atoms with Gasteiger partial charge in [0.1, 0.15) is 0 Å². The first-order chi connectivity index (χ1) is 12.8. The van der Waals surface area contributed by atoms with Crippen molar-refractivity contribution in [1.29, 1.82) is 0 Å². The van der Waals surface area contributed by atoms with Gasteiger partial charge in [0.25, 0.3) is 15.9 Å². The second-order valence-corrected chi connectivity index (χ2v) is 8.76. The van der Waals surface area contributed by atoms with Crippen LogP contribution in [-0.4, -0.2) is 26.9 Å². The van der Waals surface area contributed by atoms with E-state index in [9.17, 15) is 13.2 Å². The summed E-state index contributed by atoms with van der Waals surface area (Å²) in [4.78, 5) is 12.5. The molecule has 1 saturated carbocycles. The minimum atomic E-state index is -3.68. The third-order valence-corrected chi connectivity index (χ3v) is 6.33. The van der Waals surface area contributed by atoms with E-state index in [0.717, 1.165) is 24.0 Å². The summed E-state index contributed by atoms with van der Waals surface area (Å²) in [6.45, 7) is 4.23. The van der Waals surface area contributed by atoms with Crippen molar-refractivity contribution in [2.45, 2.75) is 37.6 Å². The molecular formula is C20H26ClN3O3S. The lowest BCUT2D eigenvalue weighted by Crippen LogP contribution is -2.41. The molecule has 8 heteroatoms. The highest BCUT2D eigenvalue weighted by Gasteiger charge is 2.31. The number of nitrogens with one attached hydrogen (secondary N) is 2. The van der Waals surface area contributed by atoms with Crippen molar-refractivity contribution in [2.24, 2.45) is 11.7 Å². The maximum Gasteiger partial charge on any atom is 0.261 e. The topological polar surface area (TPSA) is 101 Å². The van der Waals surface area contributed by atoms with Crippen molar-refractivity contribution in [2.75, 3.05) is 11.3 Å². The average Bonchev–Trinajstić information content (AvgIpc) is 3.47. The minimum absolute atomic E-state index is 0. The fraction of sp³-hybridized carbons (Fsp3) is 0.350. The molecule has 152 valence electrons. The maximum absolute atomic E-state index is 12.5. The highest BCUT2D eigenvalue weighted by Crippen LogP contribution is 2.32. The number of sulfonamides is 1. The lowest BCUT2D eigenvalue weighted by Gasteiger charge is -2.16. The van der Waals surface area contributed by atoms with Gasteiger partial charge in [-0.2, -0.15) is 0 Å². The van der Waals surface area contributed by atoms with E-state index >= 15 is 0 Å². The molecule has 0 spiro atoms. The molecule has 1 fully saturated rings. The number of carbonyl (C=O) groups excluding carboxylic acids is 1. The van der Waals surface area contributed by atoms with Crippen molar-refractivity contribution in [1.82, 2.24) is 5.32 Å². The molecule has 2 aromatic rings. The Bertz CT molecular complexity index is 942. The minimum Gasteiger partial charge on any atom is -0.348 e. The van der Waals surface area contributed by atoms with E-state index in [-0.39, 0.29) is 29.3 Å². The molecule has 0 radical (unpaired) electrons. The zero-order valence-corrected chi connectivity index (χ0v) is 17.6. The first-order valence-corrected chi connectivity index (χ1v) is 10.5. The number of carbonyl (C=O) groups is 1. The molecule has 1 unspecified atom stereocenters. The summed E-state index contributed by atoms with van der Waals surface area (Å²) in [5.41, 5.74) is 8.54. The largest absolute Gasteiger partial charge is 0.348 e. The molecule has 1 amide bonds. The van der Waals surface area contributed by atoms with Gasteiger partial charge in [-0.15, -0.1) is 12.4 Å². The fourth-order valence-electron chi connectivity index (χ4n) is 2.90. The van der Waals surface area contributed by atoms with Crippen LogP contribution >= 0.6 is 12.4 Å². The number of nitrogens with two attached hydrogens (primary N) is 1. The number of aryl methyl sites for hydroxylation is 2. The van der Waals surface area contributed by atoms with Crippen LogP contribution in [0.3, 0.4) is 0 Å². The molecule has 2 aromatic carbocycles. The lowest BCUT2D eigenvalue weighted by molar-refractivity contribution is 0.0933. The number of hydrogen-bond acceptors (Lipinski definition) is 4. The molecule has 1 aliphatic rings. The monoisotopic (exact) mass is 423 g/mol. The summed E-state index contributed by atoms with van der Waals surface area (Å²) in [6, 6.07) is 11.4. The van der Waals surface area contributed by atoms with Gasteiger partial charge < -0.3 is 11.1 Å². The number of benzene rings is 2. The van der Waals surface area contributed by atoms with E-state index in [1.807, 2.05) is 13.8 Å². The molecule has 0 bridgehead atoms. The van der Waals surface area contributed by atoms with Crippen molar-refractivity contribution in [3.8, 4) is 0 Å². The predicted octanol–water partition coefficient (Wildman–Crippen LogP) is 2.99. The van der Waals surface area contributed by atoms with Crippen molar-refractivity contribution < 1.29 is 13.2 Å². The Kier molecular flexibility index (Phi) is 7.09. The van der Waals surface area contributed by atoms with Gasteiger partial charge in [-0.3, -0.25) is 9.52 Å². The van der Waals surface area contributed by atoms with Crippen LogP contribution < -0.4 is 15.8 Å². The third-order valence-electron chi connectivity index (χ3n) is 4.95. The summed E-state index contributed by atoms with van der Waals surface area (Å²) >= 11 is 0. The van der Waals surface area contributed by atoms with E-state index in [0.29, 0.717) is 23.7 Å². The van der Waals surface area contributed by atoms with Crippen molar-refractivity contribution in [3.63, 3.8) is 0 Å². The van der Waals surface area contributed by atoms with E-state index in [1.165, 1.54) is 0 Å². The predicted molar refractivity (Wildman–Crippen MR) is 113 cm³/mol. The molecule has 1 aliphatic carbocycles. The Balaban J connectivity index is 0.00000280. The highest BCUT2D eigenvalue weighted by atomic mass is 35.5. The zero-order chi connectivity index (χ0) is 19.6. The van der Waals surface area contributed by atoms with Crippen LogP contribution in [0.1, 0.15) is 34.3 Å². The molecule has 1 atom stereocenters. The van der Waals surface area contributed by atoms with E-state index in [2.05, 4.69) is 10.0 Å². The Labute approximate surface area is 172 Å². The number of anilines is 1. The SMILES string of the molecule is Cc1ccc(S(=O)(=O)Nc2ccc(C(=O)NC(CN)C3CC3)cc2)cc1C.Cl. The molecule has 0 aromatic heterocycles. The van der Waals surface area contributed by atoms with Gasteiger partial charge in [-0.1, -0.05) is 6.07 Å². The van der Waals surface area contributed by atoms with Crippen LogP contribution in [0.2, 0.25) is 0 Å². The highest BCUT2D eigenvalue weighted by molar-refractivity contribution is 7.92. The number of hydrogen-bond donors (Lipinski definition) is 3. The van der Waals surface area contributed by atoms with Gasteiger partial charge in [-0.05, 0) is 80.1 Å². The van der Waals surface area contributed by atoms with Crippen molar-refractivity contribution >= 4 is 34.0 Å². The van der Waals surface area contributed by atoms with Crippen LogP contribution in [0.15, 0.2) is 47.4 Å². The molecule has 28 heavy (non-hydrogen) atoms.